The number of carbonyl (C=O) groups excluding carboxylic acids is 1. The van der Waals surface area contributed by atoms with Crippen molar-refractivity contribution in [2.75, 3.05) is 19.8 Å². The van der Waals surface area contributed by atoms with Crippen LogP contribution in [0.4, 0.5) is 0 Å². The number of benzene rings is 1. The number of ether oxygens (including phenoxy) is 2. The highest BCUT2D eigenvalue weighted by Gasteiger charge is 2.36. The molecule has 2 N–H and O–H groups in total. The SMILES string of the molecule is CCCc1ccnc2c(=O)[nH]c(-c3cc(S(=O)(=O)C4CC(C(=O)OCC)CCN4)ccc3OCC)nc12. The van der Waals surface area contributed by atoms with E-state index in [9.17, 15) is 18.0 Å². The van der Waals surface area contributed by atoms with Crippen molar-refractivity contribution in [3.05, 3.63) is 46.4 Å². The predicted molar refractivity (Wildman–Crippen MR) is 139 cm³/mol. The molecule has 3 aromatic rings. The minimum atomic E-state index is -3.88. The van der Waals surface area contributed by atoms with Crippen LogP contribution >= 0.6 is 0 Å². The number of nitrogens with zero attached hydrogens (tertiary/aromatic N) is 2. The third-order valence-corrected chi connectivity index (χ3v) is 8.41. The van der Waals surface area contributed by atoms with E-state index in [4.69, 9.17) is 9.47 Å². The number of H-pyrrole nitrogens is 1. The van der Waals surface area contributed by atoms with Gasteiger partial charge in [0.05, 0.1) is 29.6 Å². The van der Waals surface area contributed by atoms with E-state index in [0.717, 1.165) is 18.4 Å². The largest absolute Gasteiger partial charge is 0.493 e. The van der Waals surface area contributed by atoms with Crippen molar-refractivity contribution in [3.63, 3.8) is 0 Å². The van der Waals surface area contributed by atoms with E-state index >= 15 is 0 Å². The van der Waals surface area contributed by atoms with Crippen molar-refractivity contribution in [2.24, 2.45) is 5.92 Å². The number of aromatic nitrogens is 3. The lowest BCUT2D eigenvalue weighted by Gasteiger charge is -2.29. The Bertz CT molecular complexity index is 1450. The molecule has 1 fully saturated rings. The molecule has 2 aromatic heterocycles. The number of fused-ring (bicyclic) bond motifs is 1. The van der Waals surface area contributed by atoms with Gasteiger partial charge in [-0.15, -0.1) is 0 Å². The van der Waals surface area contributed by atoms with Gasteiger partial charge in [0.25, 0.3) is 5.56 Å². The van der Waals surface area contributed by atoms with Crippen LogP contribution in [-0.2, 0) is 25.8 Å². The van der Waals surface area contributed by atoms with Crippen LogP contribution in [0.2, 0.25) is 0 Å². The fourth-order valence-corrected chi connectivity index (χ4v) is 6.29. The Morgan fingerprint density at radius 1 is 1.14 bits per heavy atom. The van der Waals surface area contributed by atoms with E-state index in [1.54, 1.807) is 19.2 Å². The van der Waals surface area contributed by atoms with Crippen molar-refractivity contribution in [3.8, 4) is 17.1 Å². The average molecular weight is 529 g/mol. The summed E-state index contributed by atoms with van der Waals surface area (Å²) < 4.78 is 38.1. The lowest BCUT2D eigenvalue weighted by Crippen LogP contribution is -2.45. The standard InChI is InChI=1S/C26H32N4O6S/c1-4-7-16-10-13-28-23-22(16)29-24(30-25(23)31)19-15-18(8-9-20(19)35-5-2)37(33,34)21-14-17(11-12-27-21)26(32)36-6-3/h8-10,13,15,17,21,27H,4-7,11-12,14H2,1-3H3,(H,29,30,31). The summed E-state index contributed by atoms with van der Waals surface area (Å²) in [6.45, 7) is 6.54. The second-order valence-corrected chi connectivity index (χ2v) is 11.0. The summed E-state index contributed by atoms with van der Waals surface area (Å²) in [7, 11) is -3.88. The normalized spacial score (nSPS) is 18.0. The molecule has 2 atom stereocenters. The molecule has 0 bridgehead atoms. The molecule has 0 amide bonds. The van der Waals surface area contributed by atoms with Crippen LogP contribution in [0.1, 0.15) is 45.6 Å². The molecule has 10 nitrogen and oxygen atoms in total. The number of aryl methyl sites for hydroxylation is 1. The quantitative estimate of drug-likeness (QED) is 0.401. The van der Waals surface area contributed by atoms with Gasteiger partial charge in [-0.05, 0) is 69.5 Å². The van der Waals surface area contributed by atoms with E-state index in [0.29, 0.717) is 36.4 Å². The third kappa shape index (κ3) is 5.52. The summed E-state index contributed by atoms with van der Waals surface area (Å²) >= 11 is 0. The molecule has 198 valence electrons. The molecular formula is C26H32N4O6S. The van der Waals surface area contributed by atoms with Gasteiger partial charge in [0.1, 0.15) is 22.5 Å². The van der Waals surface area contributed by atoms with Crippen LogP contribution in [0.3, 0.4) is 0 Å². The van der Waals surface area contributed by atoms with E-state index < -0.39 is 26.7 Å². The molecule has 2 unspecified atom stereocenters. The van der Waals surface area contributed by atoms with Gasteiger partial charge in [-0.3, -0.25) is 9.59 Å². The first-order chi connectivity index (χ1) is 17.8. The Morgan fingerprint density at radius 2 is 1.95 bits per heavy atom. The first-order valence-electron chi connectivity index (χ1n) is 12.6. The van der Waals surface area contributed by atoms with Crippen molar-refractivity contribution in [1.29, 1.82) is 0 Å². The smallest absolute Gasteiger partial charge is 0.309 e. The highest BCUT2D eigenvalue weighted by molar-refractivity contribution is 7.92. The molecule has 1 saturated heterocycles. The zero-order chi connectivity index (χ0) is 26.6. The lowest BCUT2D eigenvalue weighted by molar-refractivity contribution is -0.149. The number of sulfone groups is 1. The van der Waals surface area contributed by atoms with Gasteiger partial charge in [-0.1, -0.05) is 13.3 Å². The van der Waals surface area contributed by atoms with Gasteiger partial charge >= 0.3 is 5.97 Å². The van der Waals surface area contributed by atoms with Gasteiger partial charge in [0, 0.05) is 6.20 Å². The summed E-state index contributed by atoms with van der Waals surface area (Å²) in [5, 5.41) is 2.08. The van der Waals surface area contributed by atoms with Crippen LogP contribution in [0.5, 0.6) is 5.75 Å². The molecule has 0 aliphatic carbocycles. The molecule has 0 radical (unpaired) electrons. The molecule has 0 saturated carbocycles. The van der Waals surface area contributed by atoms with Crippen LogP contribution < -0.4 is 15.6 Å². The van der Waals surface area contributed by atoms with E-state index in [2.05, 4.69) is 20.3 Å². The Morgan fingerprint density at radius 3 is 2.68 bits per heavy atom. The van der Waals surface area contributed by atoms with Crippen molar-refractivity contribution in [1.82, 2.24) is 20.3 Å². The molecule has 0 spiro atoms. The molecule has 11 heteroatoms. The third-order valence-electron chi connectivity index (χ3n) is 6.39. The maximum absolute atomic E-state index is 13.6. The topological polar surface area (TPSA) is 140 Å². The van der Waals surface area contributed by atoms with Gasteiger partial charge < -0.3 is 19.8 Å². The number of hydrogen-bond donors (Lipinski definition) is 2. The number of carbonyl (C=O) groups is 1. The number of nitrogens with one attached hydrogen (secondary N) is 2. The number of pyridine rings is 1. The average Bonchev–Trinajstić information content (AvgIpc) is 2.90. The lowest BCUT2D eigenvalue weighted by atomic mass is 9.98. The fourth-order valence-electron chi connectivity index (χ4n) is 4.60. The summed E-state index contributed by atoms with van der Waals surface area (Å²) in [6.07, 6.45) is 3.79. The Balaban J connectivity index is 1.79. The highest BCUT2D eigenvalue weighted by Crippen LogP contribution is 2.33. The van der Waals surface area contributed by atoms with E-state index in [1.807, 2.05) is 19.9 Å². The molecule has 1 aliphatic heterocycles. The van der Waals surface area contributed by atoms with Gasteiger partial charge in [-0.2, -0.15) is 0 Å². The Labute approximate surface area is 215 Å². The summed E-state index contributed by atoms with van der Waals surface area (Å²) in [5.74, 6) is -0.285. The summed E-state index contributed by atoms with van der Waals surface area (Å²) in [6, 6.07) is 6.34. The highest BCUT2D eigenvalue weighted by atomic mass is 32.2. The van der Waals surface area contributed by atoms with Crippen LogP contribution in [0, 0.1) is 5.92 Å². The van der Waals surface area contributed by atoms with Gasteiger partial charge in [0.2, 0.25) is 0 Å². The van der Waals surface area contributed by atoms with Crippen molar-refractivity contribution < 1.29 is 22.7 Å². The minimum Gasteiger partial charge on any atom is -0.493 e. The van der Waals surface area contributed by atoms with Gasteiger partial charge in [0.15, 0.2) is 15.4 Å². The maximum atomic E-state index is 13.6. The molecule has 1 aromatic carbocycles. The molecular weight excluding hydrogens is 496 g/mol. The summed E-state index contributed by atoms with van der Waals surface area (Å²) in [4.78, 5) is 36.8. The molecule has 4 rings (SSSR count). The Kier molecular flexibility index (Phi) is 8.23. The predicted octanol–water partition coefficient (Wildman–Crippen LogP) is 3.00. The number of hydrogen-bond acceptors (Lipinski definition) is 9. The zero-order valence-electron chi connectivity index (χ0n) is 21.2. The second kappa shape index (κ2) is 11.4. The Hall–Kier alpha value is -3.31. The van der Waals surface area contributed by atoms with Crippen LogP contribution in [0.15, 0.2) is 40.2 Å². The first-order valence-corrected chi connectivity index (χ1v) is 14.1. The zero-order valence-corrected chi connectivity index (χ0v) is 22.1. The monoisotopic (exact) mass is 528 g/mol. The fraction of sp³-hybridized carbons (Fsp3) is 0.462. The van der Waals surface area contributed by atoms with Gasteiger partial charge in [-0.25, -0.2) is 18.4 Å². The maximum Gasteiger partial charge on any atom is 0.309 e. The number of piperidine rings is 1. The minimum absolute atomic E-state index is 0.0377. The second-order valence-electron chi connectivity index (χ2n) is 8.88. The van der Waals surface area contributed by atoms with E-state index in [-0.39, 0.29) is 35.2 Å². The van der Waals surface area contributed by atoms with Crippen LogP contribution in [-0.4, -0.2) is 54.5 Å². The summed E-state index contributed by atoms with van der Waals surface area (Å²) in [5.41, 5.74) is 1.53. The number of rotatable bonds is 9. The van der Waals surface area contributed by atoms with Crippen molar-refractivity contribution >= 4 is 26.8 Å². The molecule has 1 aliphatic rings. The molecule has 3 heterocycles. The van der Waals surface area contributed by atoms with Crippen molar-refractivity contribution in [2.45, 2.75) is 56.7 Å². The van der Waals surface area contributed by atoms with Crippen LogP contribution in [0.25, 0.3) is 22.4 Å². The number of aromatic amines is 1. The number of esters is 1. The molecule has 37 heavy (non-hydrogen) atoms. The van der Waals surface area contributed by atoms with E-state index in [1.165, 1.54) is 12.1 Å². The first kappa shape index (κ1) is 26.7.